The predicted octanol–water partition coefficient (Wildman–Crippen LogP) is 3.01. The van der Waals surface area contributed by atoms with Crippen LogP contribution in [0.2, 0.25) is 0 Å². The molecule has 1 rings (SSSR count). The van der Waals surface area contributed by atoms with E-state index >= 15 is 0 Å². The summed E-state index contributed by atoms with van der Waals surface area (Å²) in [6, 6.07) is 8.19. The first-order valence-electron chi connectivity index (χ1n) is 7.84. The van der Waals surface area contributed by atoms with Gasteiger partial charge in [-0.1, -0.05) is 19.1 Å². The smallest absolute Gasteiger partial charge is 0.119 e. The second kappa shape index (κ2) is 11.5. The van der Waals surface area contributed by atoms with Gasteiger partial charge in [0.25, 0.3) is 0 Å². The number of hydrogen-bond acceptors (Lipinski definition) is 4. The predicted molar refractivity (Wildman–Crippen MR) is 85.8 cm³/mol. The standard InChI is InChI=1S/C17H29NO3/c1-4-9-18-14-16-5-7-17(8-6-16)21-13-11-19-10-12-20-15(2)3/h5-8,15,18H,4,9-14H2,1-3H3. The van der Waals surface area contributed by atoms with Gasteiger partial charge in [0.2, 0.25) is 0 Å². The van der Waals surface area contributed by atoms with E-state index in [1.807, 2.05) is 26.0 Å². The second-order valence-electron chi connectivity index (χ2n) is 5.20. The maximum atomic E-state index is 5.63. The Kier molecular flexibility index (Phi) is 9.87. The van der Waals surface area contributed by atoms with Gasteiger partial charge in [-0.15, -0.1) is 0 Å². The van der Waals surface area contributed by atoms with Crippen LogP contribution in [-0.4, -0.2) is 39.1 Å². The molecule has 0 unspecified atom stereocenters. The number of rotatable bonds is 12. The van der Waals surface area contributed by atoms with Crippen molar-refractivity contribution < 1.29 is 14.2 Å². The summed E-state index contributed by atoms with van der Waals surface area (Å²) in [5.41, 5.74) is 1.28. The minimum Gasteiger partial charge on any atom is -0.491 e. The summed E-state index contributed by atoms with van der Waals surface area (Å²) in [6.45, 7) is 10.6. The second-order valence-corrected chi connectivity index (χ2v) is 5.20. The van der Waals surface area contributed by atoms with Crippen molar-refractivity contribution in [3.8, 4) is 5.75 Å². The van der Waals surface area contributed by atoms with Crippen molar-refractivity contribution in [1.82, 2.24) is 5.32 Å². The summed E-state index contributed by atoms with van der Waals surface area (Å²) < 4.78 is 16.5. The lowest BCUT2D eigenvalue weighted by Gasteiger charge is -2.10. The van der Waals surface area contributed by atoms with Gasteiger partial charge >= 0.3 is 0 Å². The summed E-state index contributed by atoms with van der Waals surface area (Å²) in [4.78, 5) is 0. The molecule has 1 aromatic carbocycles. The molecule has 0 atom stereocenters. The van der Waals surface area contributed by atoms with Crippen LogP contribution in [0.1, 0.15) is 32.8 Å². The van der Waals surface area contributed by atoms with Crippen molar-refractivity contribution in [2.75, 3.05) is 33.0 Å². The van der Waals surface area contributed by atoms with Crippen LogP contribution in [-0.2, 0) is 16.0 Å². The zero-order valence-electron chi connectivity index (χ0n) is 13.6. The molecule has 0 bridgehead atoms. The van der Waals surface area contributed by atoms with Gasteiger partial charge in [0, 0.05) is 6.54 Å². The van der Waals surface area contributed by atoms with E-state index < -0.39 is 0 Å². The quantitative estimate of drug-likeness (QED) is 0.602. The highest BCUT2D eigenvalue weighted by Gasteiger charge is 1.97. The zero-order valence-corrected chi connectivity index (χ0v) is 13.6. The third-order valence-electron chi connectivity index (χ3n) is 2.85. The molecule has 0 saturated heterocycles. The molecule has 4 heteroatoms. The maximum absolute atomic E-state index is 5.63. The minimum atomic E-state index is 0.259. The van der Waals surface area contributed by atoms with E-state index in [1.54, 1.807) is 0 Å². The SMILES string of the molecule is CCCNCc1ccc(OCCOCCOC(C)C)cc1. The van der Waals surface area contributed by atoms with Crippen LogP contribution < -0.4 is 10.1 Å². The molecule has 0 aromatic heterocycles. The number of ether oxygens (including phenoxy) is 3. The van der Waals surface area contributed by atoms with E-state index in [-0.39, 0.29) is 6.10 Å². The zero-order chi connectivity index (χ0) is 15.3. The summed E-state index contributed by atoms with van der Waals surface area (Å²) in [5, 5.41) is 3.38. The third-order valence-corrected chi connectivity index (χ3v) is 2.85. The highest BCUT2D eigenvalue weighted by atomic mass is 16.5. The molecule has 1 aromatic rings. The topological polar surface area (TPSA) is 39.7 Å². The van der Waals surface area contributed by atoms with E-state index in [0.29, 0.717) is 26.4 Å². The molecule has 21 heavy (non-hydrogen) atoms. The van der Waals surface area contributed by atoms with Gasteiger partial charge in [-0.05, 0) is 44.5 Å². The summed E-state index contributed by atoms with van der Waals surface area (Å²) in [7, 11) is 0. The molecule has 0 saturated carbocycles. The molecular weight excluding hydrogens is 266 g/mol. The summed E-state index contributed by atoms with van der Waals surface area (Å²) in [5.74, 6) is 0.885. The van der Waals surface area contributed by atoms with E-state index in [1.165, 1.54) is 5.56 Å². The molecule has 0 amide bonds. The van der Waals surface area contributed by atoms with Gasteiger partial charge in [-0.25, -0.2) is 0 Å². The van der Waals surface area contributed by atoms with Crippen LogP contribution in [0, 0.1) is 0 Å². The lowest BCUT2D eigenvalue weighted by atomic mass is 10.2. The molecule has 0 aliphatic carbocycles. The highest BCUT2D eigenvalue weighted by molar-refractivity contribution is 5.27. The molecule has 0 heterocycles. The fourth-order valence-corrected chi connectivity index (χ4v) is 1.78. The van der Waals surface area contributed by atoms with Crippen molar-refractivity contribution in [2.45, 2.75) is 39.8 Å². The summed E-state index contributed by atoms with van der Waals surface area (Å²) in [6.07, 6.45) is 1.42. The van der Waals surface area contributed by atoms with Gasteiger partial charge in [0.05, 0.1) is 25.9 Å². The first kappa shape index (κ1) is 18.0. The lowest BCUT2D eigenvalue weighted by Crippen LogP contribution is -2.14. The van der Waals surface area contributed by atoms with Crippen LogP contribution in [0.4, 0.5) is 0 Å². The summed E-state index contributed by atoms with van der Waals surface area (Å²) >= 11 is 0. The Labute approximate surface area is 128 Å². The number of hydrogen-bond donors (Lipinski definition) is 1. The van der Waals surface area contributed by atoms with E-state index in [0.717, 1.165) is 25.3 Å². The molecule has 0 aliphatic heterocycles. The highest BCUT2D eigenvalue weighted by Crippen LogP contribution is 2.11. The fourth-order valence-electron chi connectivity index (χ4n) is 1.78. The molecule has 4 nitrogen and oxygen atoms in total. The Balaban J connectivity index is 2.07. The van der Waals surface area contributed by atoms with E-state index in [9.17, 15) is 0 Å². The fraction of sp³-hybridized carbons (Fsp3) is 0.647. The molecular formula is C17H29NO3. The van der Waals surface area contributed by atoms with E-state index in [2.05, 4.69) is 24.4 Å². The monoisotopic (exact) mass is 295 g/mol. The van der Waals surface area contributed by atoms with Gasteiger partial charge in [0.1, 0.15) is 12.4 Å². The van der Waals surface area contributed by atoms with Crippen molar-refractivity contribution >= 4 is 0 Å². The Hall–Kier alpha value is -1.10. The van der Waals surface area contributed by atoms with Gasteiger partial charge in [0.15, 0.2) is 0 Å². The normalized spacial score (nSPS) is 11.0. The van der Waals surface area contributed by atoms with Crippen LogP contribution >= 0.6 is 0 Å². The molecule has 0 aliphatic rings. The molecule has 0 fully saturated rings. The lowest BCUT2D eigenvalue weighted by molar-refractivity contribution is 0.0124. The Morgan fingerprint density at radius 2 is 1.71 bits per heavy atom. The molecule has 0 radical (unpaired) electrons. The average Bonchev–Trinajstić information content (AvgIpc) is 2.48. The molecule has 0 spiro atoms. The molecule has 1 N–H and O–H groups in total. The van der Waals surface area contributed by atoms with E-state index in [4.69, 9.17) is 14.2 Å². The van der Waals surface area contributed by atoms with Gasteiger partial charge in [-0.2, -0.15) is 0 Å². The first-order valence-corrected chi connectivity index (χ1v) is 7.84. The van der Waals surface area contributed by atoms with Crippen LogP contribution in [0.3, 0.4) is 0 Å². The maximum Gasteiger partial charge on any atom is 0.119 e. The van der Waals surface area contributed by atoms with Crippen molar-refractivity contribution in [1.29, 1.82) is 0 Å². The number of benzene rings is 1. The third kappa shape index (κ3) is 9.45. The van der Waals surface area contributed by atoms with Crippen molar-refractivity contribution in [3.05, 3.63) is 29.8 Å². The van der Waals surface area contributed by atoms with Crippen molar-refractivity contribution in [3.63, 3.8) is 0 Å². The largest absolute Gasteiger partial charge is 0.491 e. The van der Waals surface area contributed by atoms with Crippen LogP contribution in [0.15, 0.2) is 24.3 Å². The Bertz CT molecular complexity index is 352. The van der Waals surface area contributed by atoms with Crippen molar-refractivity contribution in [2.24, 2.45) is 0 Å². The van der Waals surface area contributed by atoms with Gasteiger partial charge in [-0.3, -0.25) is 0 Å². The average molecular weight is 295 g/mol. The number of nitrogens with one attached hydrogen (secondary N) is 1. The van der Waals surface area contributed by atoms with Crippen LogP contribution in [0.5, 0.6) is 5.75 Å². The Morgan fingerprint density at radius 3 is 2.38 bits per heavy atom. The molecule has 120 valence electrons. The minimum absolute atomic E-state index is 0.259. The Morgan fingerprint density at radius 1 is 1.00 bits per heavy atom. The van der Waals surface area contributed by atoms with Crippen LogP contribution in [0.25, 0.3) is 0 Å². The van der Waals surface area contributed by atoms with Gasteiger partial charge < -0.3 is 19.5 Å². The first-order chi connectivity index (χ1) is 10.2.